The van der Waals surface area contributed by atoms with Gasteiger partial charge in [-0.2, -0.15) is 0 Å². The molecule has 2 heteroatoms. The van der Waals surface area contributed by atoms with Crippen LogP contribution in [0.3, 0.4) is 0 Å². The number of aromatic nitrogens is 2. The molecule has 1 aromatic carbocycles. The monoisotopic (exact) mass is 248 g/mol. The molecule has 19 heavy (non-hydrogen) atoms. The zero-order valence-electron chi connectivity index (χ0n) is 11.2. The Morgan fingerprint density at radius 3 is 2.79 bits per heavy atom. The molecule has 0 aliphatic carbocycles. The highest BCUT2D eigenvalue weighted by Crippen LogP contribution is 2.07. The summed E-state index contributed by atoms with van der Waals surface area (Å²) in [6, 6.07) is 8.10. The second kappa shape index (κ2) is 5.88. The van der Waals surface area contributed by atoms with Crippen LogP contribution < -0.4 is 0 Å². The van der Waals surface area contributed by atoms with Gasteiger partial charge in [-0.25, -0.2) is 4.98 Å². The van der Waals surface area contributed by atoms with Crippen LogP contribution in [0.1, 0.15) is 22.6 Å². The van der Waals surface area contributed by atoms with Crippen molar-refractivity contribution in [3.05, 3.63) is 71.8 Å². The first kappa shape index (κ1) is 12.9. The summed E-state index contributed by atoms with van der Waals surface area (Å²) in [4.78, 5) is 4.31. The second-order valence-corrected chi connectivity index (χ2v) is 4.22. The van der Waals surface area contributed by atoms with E-state index in [9.17, 15) is 0 Å². The number of nitrogens with zero attached hydrogens (tertiary/aromatic N) is 2. The minimum Gasteiger partial charge on any atom is -0.321 e. The molecule has 2 aromatic rings. The predicted octanol–water partition coefficient (Wildman–Crippen LogP) is 3.33. The Morgan fingerprint density at radius 1 is 1.26 bits per heavy atom. The highest BCUT2D eigenvalue weighted by Gasteiger charge is 2.00. The molecule has 0 saturated carbocycles. The van der Waals surface area contributed by atoms with Crippen molar-refractivity contribution < 1.29 is 0 Å². The van der Waals surface area contributed by atoms with Crippen molar-refractivity contribution in [1.29, 1.82) is 0 Å². The van der Waals surface area contributed by atoms with Crippen LogP contribution in [0.15, 0.2) is 49.2 Å². The van der Waals surface area contributed by atoms with E-state index in [0.29, 0.717) is 0 Å². The Bertz CT molecular complexity index is 679. The van der Waals surface area contributed by atoms with Gasteiger partial charge in [0.25, 0.3) is 0 Å². The fraction of sp³-hybridized carbons (Fsp3) is 0.118. The molecule has 0 bridgehead atoms. The van der Waals surface area contributed by atoms with Crippen LogP contribution in [0.5, 0.6) is 0 Å². The molecule has 0 aliphatic rings. The van der Waals surface area contributed by atoms with Crippen LogP contribution in [0.25, 0.3) is 6.08 Å². The number of hydrogen-bond donors (Lipinski definition) is 0. The van der Waals surface area contributed by atoms with E-state index in [1.165, 1.54) is 5.56 Å². The van der Waals surface area contributed by atoms with Gasteiger partial charge in [-0.1, -0.05) is 42.9 Å². The Balaban J connectivity index is 2.31. The Kier molecular flexibility index (Phi) is 4.00. The van der Waals surface area contributed by atoms with Gasteiger partial charge in [0.2, 0.25) is 0 Å². The van der Waals surface area contributed by atoms with Crippen molar-refractivity contribution in [3.8, 4) is 11.8 Å². The third-order valence-electron chi connectivity index (χ3n) is 2.88. The molecule has 0 unspecified atom stereocenters. The maximum absolute atomic E-state index is 4.31. The average molecular weight is 248 g/mol. The molecule has 1 heterocycles. The SMILES string of the molecule is C=C/C=C\c1ncc(C#Cc2ccccc2C)n1C. The second-order valence-electron chi connectivity index (χ2n) is 4.22. The van der Waals surface area contributed by atoms with E-state index in [4.69, 9.17) is 0 Å². The van der Waals surface area contributed by atoms with E-state index >= 15 is 0 Å². The first-order valence-corrected chi connectivity index (χ1v) is 6.11. The highest BCUT2D eigenvalue weighted by molar-refractivity contribution is 5.48. The third kappa shape index (κ3) is 3.02. The van der Waals surface area contributed by atoms with Gasteiger partial charge in [-0.3, -0.25) is 0 Å². The van der Waals surface area contributed by atoms with E-state index < -0.39 is 0 Å². The molecule has 0 amide bonds. The smallest absolute Gasteiger partial charge is 0.133 e. The van der Waals surface area contributed by atoms with Crippen LogP contribution in [-0.2, 0) is 7.05 Å². The van der Waals surface area contributed by atoms with Crippen LogP contribution in [0.2, 0.25) is 0 Å². The normalized spacial score (nSPS) is 10.2. The fourth-order valence-corrected chi connectivity index (χ4v) is 1.69. The van der Waals surface area contributed by atoms with Gasteiger partial charge in [0, 0.05) is 12.6 Å². The predicted molar refractivity (Wildman–Crippen MR) is 79.6 cm³/mol. The standard InChI is InChI=1S/C17H16N2/c1-4-5-10-17-18-13-16(19(17)3)12-11-15-9-7-6-8-14(15)2/h4-10,13H,1H2,2-3H3/b10-5-. The first-order valence-electron chi connectivity index (χ1n) is 6.11. The lowest BCUT2D eigenvalue weighted by Gasteiger charge is -1.97. The molecular weight excluding hydrogens is 232 g/mol. The molecule has 0 fully saturated rings. The van der Waals surface area contributed by atoms with Crippen molar-refractivity contribution in [1.82, 2.24) is 9.55 Å². The number of imidazole rings is 1. The van der Waals surface area contributed by atoms with Gasteiger partial charge < -0.3 is 4.57 Å². The molecule has 0 N–H and O–H groups in total. The topological polar surface area (TPSA) is 17.8 Å². The molecule has 0 spiro atoms. The largest absolute Gasteiger partial charge is 0.321 e. The van der Waals surface area contributed by atoms with Crippen molar-refractivity contribution in [2.75, 3.05) is 0 Å². The van der Waals surface area contributed by atoms with E-state index in [1.54, 1.807) is 12.3 Å². The van der Waals surface area contributed by atoms with Crippen LogP contribution in [0, 0.1) is 18.8 Å². The van der Waals surface area contributed by atoms with Crippen molar-refractivity contribution in [2.45, 2.75) is 6.92 Å². The lowest BCUT2D eigenvalue weighted by atomic mass is 10.1. The quantitative estimate of drug-likeness (QED) is 0.589. The summed E-state index contributed by atoms with van der Waals surface area (Å²) in [5, 5.41) is 0. The van der Waals surface area contributed by atoms with Gasteiger partial charge in [0.1, 0.15) is 11.5 Å². The van der Waals surface area contributed by atoms with Gasteiger partial charge in [-0.15, -0.1) is 0 Å². The van der Waals surface area contributed by atoms with E-state index in [1.807, 2.05) is 42.0 Å². The maximum atomic E-state index is 4.31. The van der Waals surface area contributed by atoms with Crippen LogP contribution in [0.4, 0.5) is 0 Å². The van der Waals surface area contributed by atoms with Gasteiger partial charge in [-0.05, 0) is 30.6 Å². The molecule has 2 nitrogen and oxygen atoms in total. The van der Waals surface area contributed by atoms with E-state index in [2.05, 4.69) is 36.4 Å². The summed E-state index contributed by atoms with van der Waals surface area (Å²) < 4.78 is 1.96. The van der Waals surface area contributed by atoms with Crippen LogP contribution >= 0.6 is 0 Å². The average Bonchev–Trinajstić information content (AvgIpc) is 2.76. The zero-order chi connectivity index (χ0) is 13.7. The number of allylic oxidation sites excluding steroid dienone is 2. The summed E-state index contributed by atoms with van der Waals surface area (Å²) in [6.07, 6.45) is 7.29. The zero-order valence-corrected chi connectivity index (χ0v) is 11.2. The Morgan fingerprint density at radius 2 is 2.05 bits per heavy atom. The van der Waals surface area contributed by atoms with E-state index in [0.717, 1.165) is 17.1 Å². The molecule has 0 radical (unpaired) electrons. The van der Waals surface area contributed by atoms with Gasteiger partial charge >= 0.3 is 0 Å². The third-order valence-corrected chi connectivity index (χ3v) is 2.88. The van der Waals surface area contributed by atoms with Crippen LogP contribution in [-0.4, -0.2) is 9.55 Å². The summed E-state index contributed by atoms with van der Waals surface area (Å²) in [5.74, 6) is 7.21. The highest BCUT2D eigenvalue weighted by atomic mass is 15.0. The Hall–Kier alpha value is -2.53. The number of aryl methyl sites for hydroxylation is 1. The fourth-order valence-electron chi connectivity index (χ4n) is 1.69. The summed E-state index contributed by atoms with van der Waals surface area (Å²) in [5.41, 5.74) is 3.13. The van der Waals surface area contributed by atoms with Crippen molar-refractivity contribution in [2.24, 2.45) is 7.05 Å². The molecule has 94 valence electrons. The maximum Gasteiger partial charge on any atom is 0.133 e. The Labute approximate surface area is 114 Å². The number of benzene rings is 1. The summed E-state index contributed by atoms with van der Waals surface area (Å²) in [7, 11) is 1.96. The molecule has 0 aliphatic heterocycles. The minimum atomic E-state index is 0.869. The first-order chi connectivity index (χ1) is 9.22. The van der Waals surface area contributed by atoms with Gasteiger partial charge in [0.15, 0.2) is 0 Å². The minimum absolute atomic E-state index is 0.869. The molecule has 0 saturated heterocycles. The van der Waals surface area contributed by atoms with Crippen molar-refractivity contribution in [3.63, 3.8) is 0 Å². The number of rotatable bonds is 2. The number of hydrogen-bond acceptors (Lipinski definition) is 1. The summed E-state index contributed by atoms with van der Waals surface area (Å²) >= 11 is 0. The van der Waals surface area contributed by atoms with Gasteiger partial charge in [0.05, 0.1) is 6.20 Å². The van der Waals surface area contributed by atoms with Crippen molar-refractivity contribution >= 4 is 6.08 Å². The molecule has 2 rings (SSSR count). The molecular formula is C17H16N2. The van der Waals surface area contributed by atoms with E-state index in [-0.39, 0.29) is 0 Å². The lowest BCUT2D eigenvalue weighted by Crippen LogP contribution is -1.94. The lowest BCUT2D eigenvalue weighted by molar-refractivity contribution is 0.884. The molecule has 0 atom stereocenters. The summed E-state index contributed by atoms with van der Waals surface area (Å²) in [6.45, 7) is 5.71. The molecule has 1 aromatic heterocycles.